The molecule has 1 saturated heterocycles. The van der Waals surface area contributed by atoms with E-state index in [0.29, 0.717) is 19.5 Å². The van der Waals surface area contributed by atoms with Crippen LogP contribution in [0.1, 0.15) is 26.2 Å². The Morgan fingerprint density at radius 1 is 1.45 bits per heavy atom. The summed E-state index contributed by atoms with van der Waals surface area (Å²) in [6.45, 7) is 5.45. The van der Waals surface area contributed by atoms with E-state index < -0.39 is 10.1 Å². The van der Waals surface area contributed by atoms with Crippen LogP contribution >= 0.6 is 0 Å². The molecule has 0 aromatic carbocycles. The van der Waals surface area contributed by atoms with Gasteiger partial charge in [0, 0.05) is 0 Å². The van der Waals surface area contributed by atoms with Gasteiger partial charge in [-0.2, -0.15) is 8.42 Å². The maximum absolute atomic E-state index is 12.3. The standard InChI is InChI=1S/C13H21NO3.CH4O3S/c1-2-17-12(15)13(5-7-14-8-6-13)11-3-9-16-10-4-11;1-5(2,3)4/h3,14H,2,4-10H2,1H3;1H3,(H,2,3,4). The second-order valence-electron chi connectivity index (χ2n) is 5.34. The van der Waals surface area contributed by atoms with Gasteiger partial charge in [-0.3, -0.25) is 9.35 Å². The second-order valence-corrected chi connectivity index (χ2v) is 6.81. The Labute approximate surface area is 131 Å². The molecule has 7 nitrogen and oxygen atoms in total. The topological polar surface area (TPSA) is 102 Å². The van der Waals surface area contributed by atoms with E-state index in [1.807, 2.05) is 6.92 Å². The highest BCUT2D eigenvalue weighted by molar-refractivity contribution is 7.85. The van der Waals surface area contributed by atoms with Crippen LogP contribution in [0.2, 0.25) is 0 Å². The van der Waals surface area contributed by atoms with Crippen molar-refractivity contribution in [3.05, 3.63) is 11.6 Å². The Morgan fingerprint density at radius 2 is 2.05 bits per heavy atom. The quantitative estimate of drug-likeness (QED) is 0.446. The lowest BCUT2D eigenvalue weighted by molar-refractivity contribution is -0.154. The van der Waals surface area contributed by atoms with Gasteiger partial charge in [-0.1, -0.05) is 11.6 Å². The van der Waals surface area contributed by atoms with Crippen molar-refractivity contribution in [1.29, 1.82) is 0 Å². The number of hydrogen-bond acceptors (Lipinski definition) is 6. The molecule has 0 bridgehead atoms. The van der Waals surface area contributed by atoms with E-state index in [1.54, 1.807) is 0 Å². The molecule has 0 saturated carbocycles. The minimum absolute atomic E-state index is 0.0466. The number of carbonyl (C=O) groups is 1. The Kier molecular flexibility index (Phi) is 7.47. The zero-order valence-electron chi connectivity index (χ0n) is 13.1. The summed E-state index contributed by atoms with van der Waals surface area (Å²) in [4.78, 5) is 12.3. The van der Waals surface area contributed by atoms with Crippen molar-refractivity contribution >= 4 is 16.1 Å². The normalized spacial score (nSPS) is 21.1. The van der Waals surface area contributed by atoms with Crippen molar-refractivity contribution in [2.24, 2.45) is 5.41 Å². The first-order valence-electron chi connectivity index (χ1n) is 7.37. The zero-order chi connectivity index (χ0) is 16.6. The van der Waals surface area contributed by atoms with Gasteiger partial charge in [-0.25, -0.2) is 0 Å². The highest BCUT2D eigenvalue weighted by Gasteiger charge is 2.44. The van der Waals surface area contributed by atoms with Gasteiger partial charge in [0.1, 0.15) is 0 Å². The van der Waals surface area contributed by atoms with E-state index in [2.05, 4.69) is 11.4 Å². The number of esters is 1. The number of rotatable bonds is 3. The molecule has 1 fully saturated rings. The van der Waals surface area contributed by atoms with E-state index in [1.165, 1.54) is 5.57 Å². The Morgan fingerprint density at radius 3 is 2.50 bits per heavy atom. The van der Waals surface area contributed by atoms with Crippen LogP contribution in [-0.4, -0.2) is 58.1 Å². The molecular weight excluding hydrogens is 310 g/mol. The summed E-state index contributed by atoms with van der Waals surface area (Å²) in [5, 5.41) is 3.31. The number of carbonyl (C=O) groups excluding carboxylic acids is 1. The lowest BCUT2D eigenvalue weighted by Gasteiger charge is -2.38. The van der Waals surface area contributed by atoms with Gasteiger partial charge in [0.05, 0.1) is 31.5 Å². The van der Waals surface area contributed by atoms with Crippen LogP contribution < -0.4 is 5.32 Å². The average molecular weight is 335 g/mol. The third kappa shape index (κ3) is 6.04. The molecule has 2 aliphatic heterocycles. The SMILES string of the molecule is CCOC(=O)C1(C2=CCOCC2)CCNCC1.CS(=O)(=O)O. The van der Waals surface area contributed by atoms with Crippen molar-refractivity contribution in [2.45, 2.75) is 26.2 Å². The van der Waals surface area contributed by atoms with E-state index in [9.17, 15) is 13.2 Å². The van der Waals surface area contributed by atoms with Crippen molar-refractivity contribution in [3.8, 4) is 0 Å². The molecule has 0 aliphatic carbocycles. The molecule has 0 aromatic heterocycles. The molecule has 0 spiro atoms. The molecule has 0 atom stereocenters. The molecule has 0 aromatic rings. The molecule has 22 heavy (non-hydrogen) atoms. The number of piperidine rings is 1. The third-order valence-electron chi connectivity index (χ3n) is 3.70. The molecule has 128 valence electrons. The summed E-state index contributed by atoms with van der Waals surface area (Å²) in [6, 6.07) is 0. The molecule has 2 aliphatic rings. The predicted octanol–water partition coefficient (Wildman–Crippen LogP) is 0.770. The van der Waals surface area contributed by atoms with Gasteiger partial charge in [-0.05, 0) is 39.3 Å². The van der Waals surface area contributed by atoms with E-state index in [-0.39, 0.29) is 11.4 Å². The van der Waals surface area contributed by atoms with E-state index >= 15 is 0 Å². The van der Waals surface area contributed by atoms with Crippen LogP contribution in [0.3, 0.4) is 0 Å². The highest BCUT2D eigenvalue weighted by Crippen LogP contribution is 2.40. The third-order valence-corrected chi connectivity index (χ3v) is 3.70. The molecule has 8 heteroatoms. The summed E-state index contributed by atoms with van der Waals surface area (Å²) >= 11 is 0. The molecule has 2 heterocycles. The first-order valence-corrected chi connectivity index (χ1v) is 9.22. The number of nitrogens with one attached hydrogen (secondary N) is 1. The van der Waals surface area contributed by atoms with Crippen LogP contribution in [0.5, 0.6) is 0 Å². The fraction of sp³-hybridized carbons (Fsp3) is 0.786. The molecular formula is C14H25NO6S. The van der Waals surface area contributed by atoms with Crippen molar-refractivity contribution in [3.63, 3.8) is 0 Å². The molecule has 0 amide bonds. The Hall–Kier alpha value is -0.960. The molecule has 2 rings (SSSR count). The van der Waals surface area contributed by atoms with Gasteiger partial charge in [0.2, 0.25) is 0 Å². The summed E-state index contributed by atoms with van der Waals surface area (Å²) < 4.78 is 36.5. The Bertz CT molecular complexity index is 485. The first kappa shape index (κ1) is 19.1. The summed E-state index contributed by atoms with van der Waals surface area (Å²) in [5.74, 6) is -0.0466. The van der Waals surface area contributed by atoms with Gasteiger partial charge in [0.25, 0.3) is 10.1 Å². The van der Waals surface area contributed by atoms with Gasteiger partial charge in [0.15, 0.2) is 0 Å². The van der Waals surface area contributed by atoms with Gasteiger partial charge < -0.3 is 14.8 Å². The van der Waals surface area contributed by atoms with Crippen LogP contribution in [-0.2, 0) is 24.4 Å². The van der Waals surface area contributed by atoms with E-state index in [4.69, 9.17) is 14.0 Å². The maximum Gasteiger partial charge on any atom is 0.316 e. The molecule has 0 unspecified atom stereocenters. The fourth-order valence-corrected chi connectivity index (χ4v) is 2.74. The minimum Gasteiger partial charge on any atom is -0.465 e. The van der Waals surface area contributed by atoms with Gasteiger partial charge in [-0.15, -0.1) is 0 Å². The number of ether oxygens (including phenoxy) is 2. The predicted molar refractivity (Wildman–Crippen MR) is 82.2 cm³/mol. The van der Waals surface area contributed by atoms with Crippen molar-refractivity contribution in [1.82, 2.24) is 5.32 Å². The van der Waals surface area contributed by atoms with E-state index in [0.717, 1.165) is 39.0 Å². The van der Waals surface area contributed by atoms with Crippen molar-refractivity contribution < 1.29 is 27.2 Å². The maximum atomic E-state index is 12.3. The first-order chi connectivity index (χ1) is 10.3. The van der Waals surface area contributed by atoms with Crippen LogP contribution in [0, 0.1) is 5.41 Å². The highest BCUT2D eigenvalue weighted by atomic mass is 32.2. The van der Waals surface area contributed by atoms with Crippen LogP contribution in [0.15, 0.2) is 11.6 Å². The minimum atomic E-state index is -3.67. The largest absolute Gasteiger partial charge is 0.465 e. The summed E-state index contributed by atoms with van der Waals surface area (Å²) in [6.07, 6.45) is 5.34. The lowest BCUT2D eigenvalue weighted by Crippen LogP contribution is -2.45. The number of hydrogen-bond donors (Lipinski definition) is 2. The average Bonchev–Trinajstić information content (AvgIpc) is 2.47. The Balaban J connectivity index is 0.000000422. The van der Waals surface area contributed by atoms with Crippen LogP contribution in [0.4, 0.5) is 0 Å². The molecule has 0 radical (unpaired) electrons. The summed E-state index contributed by atoms with van der Waals surface area (Å²) in [7, 11) is -3.67. The lowest BCUT2D eigenvalue weighted by atomic mass is 9.71. The monoisotopic (exact) mass is 335 g/mol. The molecule has 2 N–H and O–H groups in total. The smallest absolute Gasteiger partial charge is 0.316 e. The second kappa shape index (κ2) is 8.61. The zero-order valence-corrected chi connectivity index (χ0v) is 13.9. The fourth-order valence-electron chi connectivity index (χ4n) is 2.74. The van der Waals surface area contributed by atoms with Gasteiger partial charge >= 0.3 is 5.97 Å². The van der Waals surface area contributed by atoms with Crippen molar-refractivity contribution in [2.75, 3.05) is 39.2 Å². The van der Waals surface area contributed by atoms with Crippen LogP contribution in [0.25, 0.3) is 0 Å². The summed E-state index contributed by atoms with van der Waals surface area (Å²) in [5.41, 5.74) is 0.842.